The van der Waals surface area contributed by atoms with Crippen LogP contribution in [-0.2, 0) is 11.2 Å². The fourth-order valence-electron chi connectivity index (χ4n) is 2.50. The average Bonchev–Trinajstić information content (AvgIpc) is 2.54. The van der Waals surface area contributed by atoms with Gasteiger partial charge in [0.15, 0.2) is 18.1 Å². The third-order valence-electron chi connectivity index (χ3n) is 3.85. The minimum Gasteiger partial charge on any atom is -0.493 e. The maximum absolute atomic E-state index is 12.2. The minimum absolute atomic E-state index is 0.0101. The largest absolute Gasteiger partial charge is 0.493 e. The number of carbonyl (C=O) groups excluding carboxylic acids is 1. The predicted octanol–water partition coefficient (Wildman–Crippen LogP) is 1.75. The summed E-state index contributed by atoms with van der Waals surface area (Å²) >= 11 is 0. The van der Waals surface area contributed by atoms with Crippen LogP contribution in [-0.4, -0.2) is 43.7 Å². The molecule has 0 unspecified atom stereocenters. The first kappa shape index (κ1) is 16.4. The van der Waals surface area contributed by atoms with Gasteiger partial charge in [-0.25, -0.2) is 0 Å². The summed E-state index contributed by atoms with van der Waals surface area (Å²) < 4.78 is 11.0. The molecule has 0 bridgehead atoms. The summed E-state index contributed by atoms with van der Waals surface area (Å²) in [6, 6.07) is 5.89. The van der Waals surface area contributed by atoms with E-state index >= 15 is 0 Å². The fraction of sp³-hybridized carbons (Fsp3) is 0.471. The summed E-state index contributed by atoms with van der Waals surface area (Å²) in [6.07, 6.45) is 4.31. The number of ether oxygens (including phenoxy) is 2. The smallest absolute Gasteiger partial charge is 0.260 e. The monoisotopic (exact) mass is 304 g/mol. The lowest BCUT2D eigenvalue weighted by atomic mass is 10.1. The maximum atomic E-state index is 12.2. The molecule has 0 atom stereocenters. The number of hydrogen-bond acceptors (Lipinski definition) is 4. The second-order valence-electron chi connectivity index (χ2n) is 5.48. The lowest BCUT2D eigenvalue weighted by molar-refractivity contribution is -0.134. The van der Waals surface area contributed by atoms with Gasteiger partial charge in [-0.3, -0.25) is 4.79 Å². The van der Waals surface area contributed by atoms with Crippen molar-refractivity contribution >= 4 is 5.91 Å². The molecule has 1 heterocycles. The standard InChI is InChI=1S/C17H24N2O3/c1-3-4-13-5-6-15(16(11-13)21-2)22-12-17(20)19-9-7-14(18)8-10-19/h3,5-6,11,14H,1,4,7-10,12,18H2,2H3. The lowest BCUT2D eigenvalue weighted by Crippen LogP contribution is -2.44. The van der Waals surface area contributed by atoms with Crippen LogP contribution in [0.25, 0.3) is 0 Å². The fourth-order valence-corrected chi connectivity index (χ4v) is 2.50. The van der Waals surface area contributed by atoms with Gasteiger partial charge in [-0.05, 0) is 37.0 Å². The molecule has 5 heteroatoms. The first-order valence-electron chi connectivity index (χ1n) is 7.58. The van der Waals surface area contributed by atoms with E-state index in [0.29, 0.717) is 24.6 Å². The van der Waals surface area contributed by atoms with Crippen LogP contribution in [0.4, 0.5) is 0 Å². The van der Waals surface area contributed by atoms with Crippen LogP contribution >= 0.6 is 0 Å². The highest BCUT2D eigenvalue weighted by molar-refractivity contribution is 5.78. The van der Waals surface area contributed by atoms with E-state index in [1.807, 2.05) is 29.2 Å². The molecule has 0 aromatic heterocycles. The van der Waals surface area contributed by atoms with E-state index < -0.39 is 0 Å². The molecule has 1 fully saturated rings. The van der Waals surface area contributed by atoms with Crippen molar-refractivity contribution in [1.29, 1.82) is 0 Å². The maximum Gasteiger partial charge on any atom is 0.260 e. The highest BCUT2D eigenvalue weighted by atomic mass is 16.5. The van der Waals surface area contributed by atoms with Gasteiger partial charge in [-0.15, -0.1) is 6.58 Å². The van der Waals surface area contributed by atoms with E-state index in [-0.39, 0.29) is 18.6 Å². The van der Waals surface area contributed by atoms with Gasteiger partial charge in [-0.2, -0.15) is 0 Å². The Bertz CT molecular complexity index is 523. The van der Waals surface area contributed by atoms with Crippen molar-refractivity contribution in [3.63, 3.8) is 0 Å². The molecule has 0 saturated carbocycles. The summed E-state index contributed by atoms with van der Waals surface area (Å²) in [4.78, 5) is 14.0. The quantitative estimate of drug-likeness (QED) is 0.813. The van der Waals surface area contributed by atoms with Crippen molar-refractivity contribution in [3.8, 4) is 11.5 Å². The molecule has 2 rings (SSSR count). The van der Waals surface area contributed by atoms with Crippen molar-refractivity contribution < 1.29 is 14.3 Å². The first-order valence-corrected chi connectivity index (χ1v) is 7.58. The Kier molecular flexibility index (Phi) is 5.83. The average molecular weight is 304 g/mol. The van der Waals surface area contributed by atoms with Gasteiger partial charge in [0.05, 0.1) is 7.11 Å². The lowest BCUT2D eigenvalue weighted by Gasteiger charge is -2.30. The molecule has 1 amide bonds. The SMILES string of the molecule is C=CCc1ccc(OCC(=O)N2CCC(N)CC2)c(OC)c1. The van der Waals surface area contributed by atoms with Crippen LogP contribution in [0.5, 0.6) is 11.5 Å². The number of amides is 1. The van der Waals surface area contributed by atoms with E-state index in [0.717, 1.165) is 24.8 Å². The van der Waals surface area contributed by atoms with Crippen molar-refractivity contribution in [2.75, 3.05) is 26.8 Å². The number of likely N-dealkylation sites (tertiary alicyclic amines) is 1. The van der Waals surface area contributed by atoms with Crippen LogP contribution in [0, 0.1) is 0 Å². The van der Waals surface area contributed by atoms with Crippen LogP contribution in [0.3, 0.4) is 0 Å². The van der Waals surface area contributed by atoms with E-state index in [9.17, 15) is 4.79 Å². The Morgan fingerprint density at radius 2 is 2.14 bits per heavy atom. The van der Waals surface area contributed by atoms with Crippen molar-refractivity contribution in [3.05, 3.63) is 36.4 Å². The number of piperidine rings is 1. The van der Waals surface area contributed by atoms with Crippen LogP contribution < -0.4 is 15.2 Å². The molecule has 1 aliphatic rings. The van der Waals surface area contributed by atoms with Gasteiger partial charge >= 0.3 is 0 Å². The number of hydrogen-bond donors (Lipinski definition) is 1. The Hall–Kier alpha value is -2.01. The Labute approximate surface area is 131 Å². The molecule has 0 spiro atoms. The third-order valence-corrected chi connectivity index (χ3v) is 3.85. The molecular formula is C17H24N2O3. The number of allylic oxidation sites excluding steroid dienone is 1. The minimum atomic E-state index is -0.0101. The Morgan fingerprint density at radius 1 is 1.41 bits per heavy atom. The van der Waals surface area contributed by atoms with Crippen LogP contribution in [0.2, 0.25) is 0 Å². The predicted molar refractivity (Wildman–Crippen MR) is 86.2 cm³/mol. The summed E-state index contributed by atoms with van der Waals surface area (Å²) in [5, 5.41) is 0. The van der Waals surface area contributed by atoms with Crippen LogP contribution in [0.1, 0.15) is 18.4 Å². The Balaban J connectivity index is 1.93. The molecule has 22 heavy (non-hydrogen) atoms. The zero-order valence-electron chi connectivity index (χ0n) is 13.1. The molecule has 1 saturated heterocycles. The molecule has 120 valence electrons. The van der Waals surface area contributed by atoms with E-state index in [2.05, 4.69) is 6.58 Å². The number of methoxy groups -OCH3 is 1. The van der Waals surface area contributed by atoms with Gasteiger partial charge in [0, 0.05) is 19.1 Å². The Morgan fingerprint density at radius 3 is 2.77 bits per heavy atom. The summed E-state index contributed by atoms with van der Waals surface area (Å²) in [6.45, 7) is 5.15. The zero-order chi connectivity index (χ0) is 15.9. The number of benzene rings is 1. The zero-order valence-corrected chi connectivity index (χ0v) is 13.1. The molecule has 0 radical (unpaired) electrons. The van der Waals surface area contributed by atoms with Gasteiger partial charge in [-0.1, -0.05) is 12.1 Å². The van der Waals surface area contributed by atoms with Crippen molar-refractivity contribution in [1.82, 2.24) is 4.90 Å². The second kappa shape index (κ2) is 7.84. The van der Waals surface area contributed by atoms with Gasteiger partial charge in [0.25, 0.3) is 5.91 Å². The van der Waals surface area contributed by atoms with Crippen molar-refractivity contribution in [2.45, 2.75) is 25.3 Å². The van der Waals surface area contributed by atoms with Crippen LogP contribution in [0.15, 0.2) is 30.9 Å². The summed E-state index contributed by atoms with van der Waals surface area (Å²) in [5.41, 5.74) is 6.94. The van der Waals surface area contributed by atoms with Gasteiger partial charge < -0.3 is 20.1 Å². The molecular weight excluding hydrogens is 280 g/mol. The number of rotatable bonds is 6. The van der Waals surface area contributed by atoms with Crippen molar-refractivity contribution in [2.24, 2.45) is 5.73 Å². The summed E-state index contributed by atoms with van der Waals surface area (Å²) in [5.74, 6) is 1.20. The third kappa shape index (κ3) is 4.24. The molecule has 5 nitrogen and oxygen atoms in total. The van der Waals surface area contributed by atoms with E-state index in [1.165, 1.54) is 0 Å². The molecule has 1 aliphatic heterocycles. The molecule has 1 aromatic carbocycles. The number of carbonyl (C=O) groups is 1. The first-order chi connectivity index (χ1) is 10.6. The topological polar surface area (TPSA) is 64.8 Å². The van der Waals surface area contributed by atoms with E-state index in [4.69, 9.17) is 15.2 Å². The second-order valence-corrected chi connectivity index (χ2v) is 5.48. The highest BCUT2D eigenvalue weighted by Crippen LogP contribution is 2.28. The number of nitrogens with two attached hydrogens (primary N) is 1. The van der Waals surface area contributed by atoms with Gasteiger partial charge in [0.1, 0.15) is 0 Å². The van der Waals surface area contributed by atoms with E-state index in [1.54, 1.807) is 7.11 Å². The number of nitrogens with zero attached hydrogens (tertiary/aromatic N) is 1. The highest BCUT2D eigenvalue weighted by Gasteiger charge is 2.21. The molecule has 2 N–H and O–H groups in total. The molecule has 1 aromatic rings. The summed E-state index contributed by atoms with van der Waals surface area (Å²) in [7, 11) is 1.59. The van der Waals surface area contributed by atoms with Gasteiger partial charge in [0.2, 0.25) is 0 Å². The molecule has 0 aliphatic carbocycles. The normalized spacial score (nSPS) is 15.5.